The summed E-state index contributed by atoms with van der Waals surface area (Å²) in [6, 6.07) is 11.0. The van der Waals surface area contributed by atoms with E-state index in [0.29, 0.717) is 42.0 Å². The first-order valence-electron chi connectivity index (χ1n) is 11.7. The summed E-state index contributed by atoms with van der Waals surface area (Å²) in [6.45, 7) is 3.81. The summed E-state index contributed by atoms with van der Waals surface area (Å²) in [5.41, 5.74) is 2.54. The molecule has 36 heavy (non-hydrogen) atoms. The molecule has 0 bridgehead atoms. The molecule has 1 aliphatic heterocycles. The average molecular weight is 495 g/mol. The van der Waals surface area contributed by atoms with E-state index in [1.54, 1.807) is 6.07 Å². The maximum atomic E-state index is 13.2. The Hall–Kier alpha value is -3.92. The van der Waals surface area contributed by atoms with Gasteiger partial charge in [0.1, 0.15) is 0 Å². The molecule has 10 heteroatoms. The van der Waals surface area contributed by atoms with Gasteiger partial charge in [-0.15, -0.1) is 0 Å². The van der Waals surface area contributed by atoms with Gasteiger partial charge in [0, 0.05) is 24.2 Å². The van der Waals surface area contributed by atoms with E-state index >= 15 is 0 Å². The first kappa shape index (κ1) is 25.2. The number of hydrogen-bond acceptors (Lipinski definition) is 9. The summed E-state index contributed by atoms with van der Waals surface area (Å²) < 4.78 is 21.0. The molecule has 1 atom stereocenters. The summed E-state index contributed by atoms with van der Waals surface area (Å²) in [5, 5.41) is 6.98. The Balaban J connectivity index is 1.44. The third-order valence-corrected chi connectivity index (χ3v) is 6.20. The lowest BCUT2D eigenvalue weighted by Gasteiger charge is -2.31. The van der Waals surface area contributed by atoms with Crippen LogP contribution in [0, 0.1) is 12.8 Å². The monoisotopic (exact) mass is 494 g/mol. The van der Waals surface area contributed by atoms with Crippen molar-refractivity contribution in [1.82, 2.24) is 15.0 Å². The Morgan fingerprint density at radius 1 is 1.11 bits per heavy atom. The number of carbonyl (C=O) groups is 2. The quantitative estimate of drug-likeness (QED) is 0.468. The van der Waals surface area contributed by atoms with Crippen LogP contribution in [0.5, 0.6) is 11.5 Å². The Labute approximate surface area is 209 Å². The second kappa shape index (κ2) is 11.2. The number of carbonyl (C=O) groups excluding carboxylic acids is 2. The lowest BCUT2D eigenvalue weighted by atomic mass is 9.96. The van der Waals surface area contributed by atoms with E-state index in [1.807, 2.05) is 31.2 Å². The van der Waals surface area contributed by atoms with Crippen LogP contribution in [-0.4, -0.2) is 61.3 Å². The minimum Gasteiger partial charge on any atom is -0.493 e. The highest BCUT2D eigenvalue weighted by molar-refractivity contribution is 6.02. The number of nitrogens with zero attached hydrogens (tertiary/aromatic N) is 3. The number of likely N-dealkylation sites (tertiary alicyclic amines) is 1. The highest BCUT2D eigenvalue weighted by atomic mass is 16.5. The van der Waals surface area contributed by atoms with Crippen molar-refractivity contribution in [1.29, 1.82) is 0 Å². The van der Waals surface area contributed by atoms with Crippen LogP contribution in [-0.2, 0) is 16.1 Å². The van der Waals surface area contributed by atoms with Crippen molar-refractivity contribution in [3.8, 4) is 22.9 Å². The summed E-state index contributed by atoms with van der Waals surface area (Å²) in [7, 11) is 4.24. The van der Waals surface area contributed by atoms with Gasteiger partial charge in [-0.25, -0.2) is 4.79 Å². The smallest absolute Gasteiger partial charge is 0.340 e. The van der Waals surface area contributed by atoms with Crippen molar-refractivity contribution < 1.29 is 28.3 Å². The number of ether oxygens (including phenoxy) is 3. The summed E-state index contributed by atoms with van der Waals surface area (Å²) in [6.07, 6.45) is 1.56. The molecular weight excluding hydrogens is 464 g/mol. The molecule has 0 saturated carbocycles. The number of aryl methyl sites for hydroxylation is 1. The second-order valence-electron chi connectivity index (χ2n) is 8.69. The molecule has 2 heterocycles. The van der Waals surface area contributed by atoms with E-state index in [2.05, 4.69) is 20.4 Å². The number of amides is 1. The molecule has 4 rings (SSSR count). The molecule has 1 unspecified atom stereocenters. The van der Waals surface area contributed by atoms with Gasteiger partial charge >= 0.3 is 5.97 Å². The number of anilines is 1. The molecule has 1 aromatic heterocycles. The van der Waals surface area contributed by atoms with Crippen molar-refractivity contribution in [2.24, 2.45) is 5.92 Å². The number of aromatic nitrogens is 2. The van der Waals surface area contributed by atoms with Gasteiger partial charge in [-0.05, 0) is 26.3 Å². The van der Waals surface area contributed by atoms with Crippen LogP contribution < -0.4 is 14.8 Å². The third kappa shape index (κ3) is 5.65. The predicted octanol–water partition coefficient (Wildman–Crippen LogP) is 3.70. The van der Waals surface area contributed by atoms with E-state index in [-0.39, 0.29) is 17.4 Å². The number of piperidine rings is 1. The Kier molecular flexibility index (Phi) is 7.84. The van der Waals surface area contributed by atoms with E-state index in [9.17, 15) is 9.59 Å². The van der Waals surface area contributed by atoms with Crippen molar-refractivity contribution in [3.63, 3.8) is 0 Å². The Morgan fingerprint density at radius 3 is 2.53 bits per heavy atom. The number of esters is 1. The van der Waals surface area contributed by atoms with Gasteiger partial charge in [0.05, 0.1) is 45.0 Å². The molecule has 190 valence electrons. The maximum absolute atomic E-state index is 13.2. The predicted molar refractivity (Wildman–Crippen MR) is 132 cm³/mol. The van der Waals surface area contributed by atoms with Gasteiger partial charge in [-0.3, -0.25) is 9.69 Å². The summed E-state index contributed by atoms with van der Waals surface area (Å²) in [5.74, 6) is 0.743. The van der Waals surface area contributed by atoms with Crippen molar-refractivity contribution in [2.75, 3.05) is 39.7 Å². The third-order valence-electron chi connectivity index (χ3n) is 6.20. The molecule has 2 aromatic carbocycles. The normalized spacial score (nSPS) is 15.8. The topological polar surface area (TPSA) is 116 Å². The zero-order valence-electron chi connectivity index (χ0n) is 20.9. The van der Waals surface area contributed by atoms with Gasteiger partial charge < -0.3 is 24.1 Å². The number of hydrogen-bond donors (Lipinski definition) is 1. The van der Waals surface area contributed by atoms with Crippen LogP contribution in [0.25, 0.3) is 11.4 Å². The van der Waals surface area contributed by atoms with E-state index < -0.39 is 5.97 Å². The number of nitrogens with one attached hydrogen (secondary N) is 1. The zero-order chi connectivity index (χ0) is 25.7. The highest BCUT2D eigenvalue weighted by Gasteiger charge is 2.28. The van der Waals surface area contributed by atoms with Gasteiger partial charge in [0.25, 0.3) is 0 Å². The van der Waals surface area contributed by atoms with Crippen molar-refractivity contribution >= 4 is 17.6 Å². The fraction of sp³-hybridized carbons (Fsp3) is 0.385. The van der Waals surface area contributed by atoms with E-state index in [0.717, 1.165) is 30.5 Å². The highest BCUT2D eigenvalue weighted by Crippen LogP contribution is 2.34. The molecule has 0 aliphatic carbocycles. The van der Waals surface area contributed by atoms with Gasteiger partial charge in [0.2, 0.25) is 17.6 Å². The molecule has 3 aromatic rings. The summed E-state index contributed by atoms with van der Waals surface area (Å²) >= 11 is 0. The number of rotatable bonds is 8. The van der Waals surface area contributed by atoms with Gasteiger partial charge in [-0.2, -0.15) is 4.98 Å². The lowest BCUT2D eigenvalue weighted by Crippen LogP contribution is -2.40. The maximum Gasteiger partial charge on any atom is 0.340 e. The van der Waals surface area contributed by atoms with Crippen LogP contribution >= 0.6 is 0 Å². The Morgan fingerprint density at radius 2 is 1.83 bits per heavy atom. The molecular formula is C26H30N4O6. The molecule has 0 radical (unpaired) electrons. The molecule has 1 aliphatic rings. The molecule has 1 saturated heterocycles. The van der Waals surface area contributed by atoms with Crippen LogP contribution in [0.4, 0.5) is 5.69 Å². The first-order valence-corrected chi connectivity index (χ1v) is 11.7. The lowest BCUT2D eigenvalue weighted by molar-refractivity contribution is -0.121. The molecule has 1 amide bonds. The average Bonchev–Trinajstić information content (AvgIpc) is 3.36. The molecule has 0 spiro atoms. The Bertz CT molecular complexity index is 1220. The fourth-order valence-electron chi connectivity index (χ4n) is 4.24. The van der Waals surface area contributed by atoms with Crippen molar-refractivity contribution in [2.45, 2.75) is 26.3 Å². The van der Waals surface area contributed by atoms with E-state index in [1.165, 1.54) is 27.4 Å². The van der Waals surface area contributed by atoms with Crippen LogP contribution in [0.15, 0.2) is 40.9 Å². The molecule has 1 fully saturated rings. The van der Waals surface area contributed by atoms with E-state index in [4.69, 9.17) is 18.7 Å². The minimum atomic E-state index is -0.586. The van der Waals surface area contributed by atoms with Gasteiger partial charge in [-0.1, -0.05) is 35.0 Å². The largest absolute Gasteiger partial charge is 0.493 e. The number of methoxy groups -OCH3 is 3. The van der Waals surface area contributed by atoms with Crippen molar-refractivity contribution in [3.05, 3.63) is 53.4 Å². The number of benzene rings is 2. The molecule has 10 nitrogen and oxygen atoms in total. The van der Waals surface area contributed by atoms with Crippen LogP contribution in [0.3, 0.4) is 0 Å². The molecule has 1 N–H and O–H groups in total. The van der Waals surface area contributed by atoms with Gasteiger partial charge in [0.15, 0.2) is 11.5 Å². The standard InChI is InChI=1S/C26H30N4O6/c1-16-7-9-17(10-8-16)24-28-23(36-29-24)15-30-11-5-6-18(14-30)25(31)27-20-13-22(34-3)21(33-2)12-19(20)26(32)35-4/h7-10,12-13,18H,5-6,11,14-15H2,1-4H3,(H,27,31). The summed E-state index contributed by atoms with van der Waals surface area (Å²) in [4.78, 5) is 32.2. The second-order valence-corrected chi connectivity index (χ2v) is 8.69. The fourth-order valence-corrected chi connectivity index (χ4v) is 4.24. The van der Waals surface area contributed by atoms with Crippen LogP contribution in [0.1, 0.15) is 34.7 Å². The van der Waals surface area contributed by atoms with Crippen LogP contribution in [0.2, 0.25) is 0 Å². The zero-order valence-corrected chi connectivity index (χ0v) is 20.9. The minimum absolute atomic E-state index is 0.186. The first-order chi connectivity index (χ1) is 17.4. The SMILES string of the molecule is COC(=O)c1cc(OC)c(OC)cc1NC(=O)C1CCCN(Cc2nc(-c3ccc(C)cc3)no2)C1.